The molecule has 8 heterocycles. The highest BCUT2D eigenvalue weighted by molar-refractivity contribution is 7.87. The molecule has 0 spiro atoms. The number of rotatable bonds is 11. The number of hydrogen-bond acceptors (Lipinski definition) is 8. The van der Waals surface area contributed by atoms with Crippen molar-refractivity contribution in [2.24, 2.45) is 0 Å². The van der Waals surface area contributed by atoms with Crippen molar-refractivity contribution >= 4 is 114 Å². The maximum atomic E-state index is 16.0. The summed E-state index contributed by atoms with van der Waals surface area (Å²) in [4.78, 5) is 21.9. The zero-order valence-corrected chi connectivity index (χ0v) is 65.9. The number of para-hydroxylation sites is 3. The number of aromatic nitrogens is 7. The summed E-state index contributed by atoms with van der Waals surface area (Å²) in [5.74, 6) is 2.56. The highest BCUT2D eigenvalue weighted by atomic mass is 32.1. The molecule has 0 N–H and O–H groups in total. The topological polar surface area (TPSA) is 118 Å². The van der Waals surface area contributed by atoms with Crippen LogP contribution in [0.4, 0.5) is 0 Å². The number of nitrogens with zero attached hydrogens (tertiary/aromatic N) is 7. The second-order valence-electron chi connectivity index (χ2n) is 28.9. The molecule has 23 rings (SSSR count). The van der Waals surface area contributed by atoms with E-state index in [4.69, 9.17) is 15.0 Å². The maximum Gasteiger partial charge on any atom is 0.175 e. The number of pyridine rings is 1. The quantitative estimate of drug-likeness (QED) is 0.118. The molecule has 3 unspecified atom stereocenters. The van der Waals surface area contributed by atoms with Gasteiger partial charge in [-0.3, -0.25) is 18.7 Å². The first-order valence-electron chi connectivity index (χ1n) is 38.6. The van der Waals surface area contributed by atoms with E-state index in [1.165, 1.54) is 20.9 Å². The van der Waals surface area contributed by atoms with Crippen molar-refractivity contribution in [3.05, 3.63) is 413 Å². The smallest absolute Gasteiger partial charge is 0.175 e. The van der Waals surface area contributed by atoms with Crippen LogP contribution in [-0.4, -0.2) is 33.6 Å². The Balaban J connectivity index is 0.000000110. The van der Waals surface area contributed by atoms with Crippen LogP contribution in [0.25, 0.3) is 139 Å². The molecule has 20 aromatic rings. The molecule has 0 fully saturated rings. The molecule has 550 valence electrons. The number of fused-ring (bicyclic) bond motifs is 6. The third-order valence-electron chi connectivity index (χ3n) is 22.4. The van der Waals surface area contributed by atoms with E-state index >= 15 is 13.7 Å². The highest BCUT2D eigenvalue weighted by Gasteiger charge is 2.45. The molecule has 0 saturated heterocycles. The van der Waals surface area contributed by atoms with Gasteiger partial charge in [-0.1, -0.05) is 322 Å². The van der Waals surface area contributed by atoms with E-state index in [0.29, 0.717) is 0 Å². The summed E-state index contributed by atoms with van der Waals surface area (Å²) in [7, 11) is -9.74. The lowest BCUT2D eigenvalue weighted by molar-refractivity contribution is 0.591. The maximum absolute atomic E-state index is 16.0. The second kappa shape index (κ2) is 28.7. The summed E-state index contributed by atoms with van der Waals surface area (Å²) in [6, 6.07) is 135. The van der Waals surface area contributed by atoms with Gasteiger partial charge in [0.2, 0.25) is 0 Å². The summed E-state index contributed by atoms with van der Waals surface area (Å²) in [6.45, 7) is 0. The van der Waals surface area contributed by atoms with Gasteiger partial charge in [0.25, 0.3) is 0 Å². The van der Waals surface area contributed by atoms with Gasteiger partial charge in [0.05, 0.1) is 66.1 Å². The Morgan fingerprint density at radius 1 is 0.224 bits per heavy atom. The lowest BCUT2D eigenvalue weighted by atomic mass is 10.0. The molecule has 0 bridgehead atoms. The molecule has 116 heavy (non-hydrogen) atoms. The molecule has 5 aromatic heterocycles. The molecular weight excluding hydrogens is 1500 g/mol. The van der Waals surface area contributed by atoms with Crippen molar-refractivity contribution in [1.82, 2.24) is 33.6 Å². The molecular formula is C102H68N7O3P3S. The second-order valence-corrected chi connectivity index (χ2v) is 38.0. The number of benzene rings is 15. The monoisotopic (exact) mass is 1560 g/mol. The van der Waals surface area contributed by atoms with Crippen LogP contribution in [0, 0.1) is 0 Å². The van der Waals surface area contributed by atoms with E-state index in [-0.39, 0.29) is 0 Å². The predicted octanol–water partition coefficient (Wildman–Crippen LogP) is 21.7. The standard InChI is InChI=1S/C41H27N2OPS.C31H21N2OP.C30H20N3OP/c44-45(32-16-8-3-9-17-32)36-21-11-19-34-39(36)43(41(42-34)31-14-6-2-7-15-31)35-20-10-18-33(40(35)45)28-22-24-30(25-23-28)38-27-26-37(46-38)29-12-4-1-5-13-29;34-35(24-16-8-3-9-17-24)28-21-11-19-26-29(28)33(31(32-26)23-14-6-2-7-15-23)27-20-10-18-25(30(27)35)22-12-4-1-5-13-22;34-35(23-11-5-2-6-12-23)27-16-8-14-25-28(27)33(30(32-25)22-9-3-1-4-10-22)26-15-7-13-24(29(26)35)21-17-19-31-20-18-21/h1-27H;1-21H;1-20H. The van der Waals surface area contributed by atoms with Gasteiger partial charge in [-0.2, -0.15) is 0 Å². The average molecular weight is 1560 g/mol. The van der Waals surface area contributed by atoms with Crippen molar-refractivity contribution in [2.45, 2.75) is 0 Å². The van der Waals surface area contributed by atoms with Crippen LogP contribution in [0.1, 0.15) is 0 Å². The summed E-state index contributed by atoms with van der Waals surface area (Å²) in [5.41, 5.74) is 19.5. The van der Waals surface area contributed by atoms with Crippen LogP contribution in [0.5, 0.6) is 0 Å². The third kappa shape index (κ3) is 11.3. The van der Waals surface area contributed by atoms with Gasteiger partial charge in [-0.15, -0.1) is 11.3 Å². The molecule has 15 aromatic carbocycles. The van der Waals surface area contributed by atoms with Gasteiger partial charge < -0.3 is 13.7 Å². The molecule has 14 heteroatoms. The number of hydrogen-bond donors (Lipinski definition) is 0. The summed E-state index contributed by atoms with van der Waals surface area (Å²) in [6.07, 6.45) is 3.56. The van der Waals surface area contributed by atoms with E-state index < -0.39 is 21.4 Å². The zero-order chi connectivity index (χ0) is 77.5. The fourth-order valence-electron chi connectivity index (χ4n) is 17.3. The normalized spacial score (nSPS) is 15.8. The molecule has 10 nitrogen and oxygen atoms in total. The van der Waals surface area contributed by atoms with Crippen LogP contribution < -0.4 is 47.7 Å². The zero-order valence-electron chi connectivity index (χ0n) is 62.4. The molecule has 3 atom stereocenters. The van der Waals surface area contributed by atoms with Gasteiger partial charge >= 0.3 is 0 Å². The van der Waals surface area contributed by atoms with E-state index in [9.17, 15) is 0 Å². The molecule has 0 saturated carbocycles. The first-order valence-corrected chi connectivity index (χ1v) is 44.5. The fraction of sp³-hybridized carbons (Fsp3) is 0. The Kier molecular flexibility index (Phi) is 17.4. The summed E-state index contributed by atoms with van der Waals surface area (Å²) >= 11 is 1.80. The predicted molar refractivity (Wildman–Crippen MR) is 481 cm³/mol. The van der Waals surface area contributed by atoms with Crippen molar-refractivity contribution in [1.29, 1.82) is 0 Å². The van der Waals surface area contributed by atoms with Crippen LogP contribution in [0.15, 0.2) is 413 Å². The van der Waals surface area contributed by atoms with E-state index in [1.54, 1.807) is 23.7 Å². The molecule has 0 amide bonds. The van der Waals surface area contributed by atoms with Crippen LogP contribution in [0.2, 0.25) is 0 Å². The number of thiophene rings is 1. The van der Waals surface area contributed by atoms with Gasteiger partial charge in [-0.05, 0) is 123 Å². The first kappa shape index (κ1) is 70.1. The fourth-order valence-corrected chi connectivity index (χ4v) is 27.9. The SMILES string of the molecule is O=P1(c2ccccc2)c2c(-c3ccc(-c4ccc(-c5ccccc5)s4)cc3)cccc2-n2c(-c3ccccc3)nc3cccc1c32.O=P1(c2ccccc2)c2c(-c3ccccc3)cccc2-n2c(-c3ccccc3)nc3cccc1c32.O=P1(c2ccccc2)c2c(-c3ccncc3)cccc2-n2c(-c3ccccc3)nc3cccc1c32. The molecule has 3 aliphatic rings. The van der Waals surface area contributed by atoms with Crippen LogP contribution in [-0.2, 0) is 13.7 Å². The molecule has 3 aliphatic heterocycles. The minimum absolute atomic E-state index is 0.823. The van der Waals surface area contributed by atoms with Gasteiger partial charge in [0.15, 0.2) is 21.4 Å². The van der Waals surface area contributed by atoms with Gasteiger partial charge in [-0.25, -0.2) is 15.0 Å². The largest absolute Gasteiger partial charge is 0.308 e. The van der Waals surface area contributed by atoms with E-state index in [1.807, 2.05) is 243 Å². The van der Waals surface area contributed by atoms with E-state index in [0.717, 1.165) is 165 Å². The summed E-state index contributed by atoms with van der Waals surface area (Å²) in [5, 5.41) is 7.54. The minimum Gasteiger partial charge on any atom is -0.308 e. The lowest BCUT2D eigenvalue weighted by Crippen LogP contribution is -2.34. The van der Waals surface area contributed by atoms with Crippen molar-refractivity contribution in [3.63, 3.8) is 0 Å². The Morgan fingerprint density at radius 3 is 0.810 bits per heavy atom. The Hall–Kier alpha value is -13.8. The Bertz CT molecular complexity index is 7070. The third-order valence-corrected chi connectivity index (χ3v) is 33.0. The Morgan fingerprint density at radius 2 is 0.483 bits per heavy atom. The number of imidazole rings is 3. The first-order chi connectivity index (χ1) is 57.2. The minimum atomic E-state index is -3.30. The van der Waals surface area contributed by atoms with Crippen molar-refractivity contribution in [3.8, 4) is 105 Å². The van der Waals surface area contributed by atoms with E-state index in [2.05, 4.69) is 176 Å². The molecule has 0 aliphatic carbocycles. The molecule has 0 radical (unpaired) electrons. The summed E-state index contributed by atoms with van der Waals surface area (Å²) < 4.78 is 53.7. The van der Waals surface area contributed by atoms with Crippen LogP contribution in [0.3, 0.4) is 0 Å². The highest BCUT2D eigenvalue weighted by Crippen LogP contribution is 2.56. The average Bonchev–Trinajstić information content (AvgIpc) is 1.41. The van der Waals surface area contributed by atoms with Gasteiger partial charge in [0, 0.05) is 70.7 Å². The van der Waals surface area contributed by atoms with Crippen LogP contribution >= 0.6 is 32.8 Å². The van der Waals surface area contributed by atoms with Crippen molar-refractivity contribution < 1.29 is 13.7 Å². The van der Waals surface area contributed by atoms with Crippen molar-refractivity contribution in [2.75, 3.05) is 0 Å². The lowest BCUT2D eigenvalue weighted by Gasteiger charge is -2.31. The Labute approximate surface area is 674 Å². The van der Waals surface area contributed by atoms with Gasteiger partial charge in [0.1, 0.15) is 17.5 Å².